The lowest BCUT2D eigenvalue weighted by atomic mass is 9.98. The lowest BCUT2D eigenvalue weighted by Gasteiger charge is -2.34. The summed E-state index contributed by atoms with van der Waals surface area (Å²) in [5, 5.41) is 6.30. The van der Waals surface area contributed by atoms with E-state index in [1.54, 1.807) is 16.8 Å². The van der Waals surface area contributed by atoms with Gasteiger partial charge >= 0.3 is 5.97 Å². The quantitative estimate of drug-likeness (QED) is 0.434. The minimum absolute atomic E-state index is 0.00901. The molecule has 3 atom stereocenters. The number of likely N-dealkylation sites (N-methyl/N-ethyl adjacent to an activating group) is 1. The maximum atomic E-state index is 13.1. The molecule has 0 saturated heterocycles. The third-order valence-corrected chi connectivity index (χ3v) is 5.92. The average Bonchev–Trinajstić information content (AvgIpc) is 3.12. The first-order valence-electron chi connectivity index (χ1n) is 12.0. The van der Waals surface area contributed by atoms with E-state index in [0.717, 1.165) is 24.1 Å². The molecule has 1 aromatic rings. The van der Waals surface area contributed by atoms with Gasteiger partial charge < -0.3 is 14.2 Å². The lowest BCUT2D eigenvalue weighted by Crippen LogP contribution is -2.56. The van der Waals surface area contributed by atoms with E-state index in [9.17, 15) is 9.59 Å². The molecule has 2 heterocycles. The van der Waals surface area contributed by atoms with Crippen molar-refractivity contribution in [2.24, 2.45) is 10.1 Å². The zero-order chi connectivity index (χ0) is 24.7. The minimum Gasteiger partial charge on any atom is -0.492 e. The zero-order valence-electron chi connectivity index (χ0n) is 20.8. The average molecular weight is 473 g/mol. The number of carbonyl (C=O) groups is 2. The van der Waals surface area contributed by atoms with Crippen molar-refractivity contribution in [1.82, 2.24) is 9.91 Å². The molecule has 0 N–H and O–H groups in total. The fourth-order valence-electron chi connectivity index (χ4n) is 4.30. The Bertz CT molecular complexity index is 914. The van der Waals surface area contributed by atoms with Crippen LogP contribution >= 0.6 is 0 Å². The van der Waals surface area contributed by atoms with E-state index >= 15 is 0 Å². The van der Waals surface area contributed by atoms with Crippen LogP contribution in [0.1, 0.15) is 46.1 Å². The van der Waals surface area contributed by atoms with Crippen LogP contribution in [0.15, 0.2) is 34.4 Å². The number of aliphatic imine (C=N–C) groups is 1. The smallest absolute Gasteiger partial charge is 0.335 e. The van der Waals surface area contributed by atoms with E-state index in [1.165, 1.54) is 0 Å². The van der Waals surface area contributed by atoms with E-state index in [2.05, 4.69) is 12.0 Å². The molecular formula is C25H36N4O5. The predicted octanol–water partition coefficient (Wildman–Crippen LogP) is 2.68. The molecule has 0 bridgehead atoms. The highest BCUT2D eigenvalue weighted by atomic mass is 16.6. The first-order valence-corrected chi connectivity index (χ1v) is 12.0. The third kappa shape index (κ3) is 5.94. The summed E-state index contributed by atoms with van der Waals surface area (Å²) in [6, 6.07) is 6.97. The number of amides is 1. The van der Waals surface area contributed by atoms with Gasteiger partial charge in [-0.05, 0) is 44.9 Å². The molecule has 9 heteroatoms. The topological polar surface area (TPSA) is 93.0 Å². The Balaban J connectivity index is 1.54. The van der Waals surface area contributed by atoms with Crippen LogP contribution < -0.4 is 4.74 Å². The minimum atomic E-state index is -0.622. The molecule has 0 spiro atoms. The van der Waals surface area contributed by atoms with Crippen molar-refractivity contribution in [3.8, 4) is 5.75 Å². The van der Waals surface area contributed by atoms with Crippen LogP contribution in [0.4, 0.5) is 0 Å². The van der Waals surface area contributed by atoms with Crippen LogP contribution in [-0.4, -0.2) is 84.9 Å². The SMILES string of the molecule is CCCC1=NN(C)C2C(=O)N(CCOc3ccc(C[C@@H](OCC)C(=O)OCC)cc3)C(C)=NC12. The number of hydrogen-bond acceptors (Lipinski definition) is 8. The van der Waals surface area contributed by atoms with Gasteiger partial charge in [0.2, 0.25) is 0 Å². The second-order valence-corrected chi connectivity index (χ2v) is 8.36. The molecule has 0 fully saturated rings. The van der Waals surface area contributed by atoms with E-state index in [-0.39, 0.29) is 24.0 Å². The number of esters is 1. The molecule has 0 radical (unpaired) electrons. The Labute approximate surface area is 201 Å². The van der Waals surface area contributed by atoms with Gasteiger partial charge in [-0.15, -0.1) is 0 Å². The number of fused-ring (bicyclic) bond motifs is 1. The number of rotatable bonds is 12. The van der Waals surface area contributed by atoms with Gasteiger partial charge in [0, 0.05) is 20.1 Å². The molecule has 0 aliphatic carbocycles. The second-order valence-electron chi connectivity index (χ2n) is 8.36. The normalized spacial score (nSPS) is 20.6. The van der Waals surface area contributed by atoms with E-state index in [0.29, 0.717) is 44.4 Å². The van der Waals surface area contributed by atoms with Crippen molar-refractivity contribution in [3.63, 3.8) is 0 Å². The van der Waals surface area contributed by atoms with Gasteiger partial charge in [-0.25, -0.2) is 4.79 Å². The van der Waals surface area contributed by atoms with Crippen molar-refractivity contribution >= 4 is 23.4 Å². The maximum absolute atomic E-state index is 13.1. The summed E-state index contributed by atoms with van der Waals surface area (Å²) < 4.78 is 16.5. The third-order valence-electron chi connectivity index (χ3n) is 5.92. The maximum Gasteiger partial charge on any atom is 0.335 e. The Hall–Kier alpha value is -2.94. The highest BCUT2D eigenvalue weighted by Gasteiger charge is 2.45. The number of amidine groups is 1. The Kier molecular flexibility index (Phi) is 9.04. The Morgan fingerprint density at radius 2 is 1.88 bits per heavy atom. The fraction of sp³-hybridized carbons (Fsp3) is 0.600. The van der Waals surface area contributed by atoms with E-state index in [4.69, 9.17) is 19.2 Å². The number of nitrogens with zero attached hydrogens (tertiary/aromatic N) is 4. The molecule has 2 aliphatic rings. The van der Waals surface area contributed by atoms with Crippen LogP contribution in [0.25, 0.3) is 0 Å². The number of carbonyl (C=O) groups excluding carboxylic acids is 2. The monoisotopic (exact) mass is 472 g/mol. The van der Waals surface area contributed by atoms with Crippen LogP contribution in [0, 0.1) is 0 Å². The fourth-order valence-corrected chi connectivity index (χ4v) is 4.30. The van der Waals surface area contributed by atoms with Gasteiger partial charge in [-0.3, -0.25) is 19.7 Å². The molecule has 2 unspecified atom stereocenters. The summed E-state index contributed by atoms with van der Waals surface area (Å²) in [6.07, 6.45) is 1.64. The molecule has 2 aliphatic heterocycles. The lowest BCUT2D eigenvalue weighted by molar-refractivity contribution is -0.156. The number of benzene rings is 1. The Morgan fingerprint density at radius 3 is 2.53 bits per heavy atom. The van der Waals surface area contributed by atoms with Gasteiger partial charge in [0.15, 0.2) is 12.1 Å². The number of hydrazone groups is 1. The first-order chi connectivity index (χ1) is 16.4. The van der Waals surface area contributed by atoms with Crippen LogP contribution in [-0.2, 0) is 25.5 Å². The molecule has 0 saturated carbocycles. The van der Waals surface area contributed by atoms with Crippen molar-refractivity contribution in [2.45, 2.75) is 65.1 Å². The largest absolute Gasteiger partial charge is 0.492 e. The van der Waals surface area contributed by atoms with Crippen LogP contribution in [0.5, 0.6) is 5.75 Å². The zero-order valence-corrected chi connectivity index (χ0v) is 20.8. The first kappa shape index (κ1) is 25.7. The molecule has 0 aromatic heterocycles. The standard InChI is InChI=1S/C25H36N4O5/c1-6-9-20-22-23(28(5)27-20)24(30)29(17(4)26-22)14-15-34-19-12-10-18(11-13-19)16-21(32-7-2)25(31)33-8-3/h10-13,21-23H,6-9,14-16H2,1-5H3/t21-,22?,23?/m1/s1. The molecule has 1 aromatic carbocycles. The summed E-state index contributed by atoms with van der Waals surface area (Å²) in [6.45, 7) is 9.10. The summed E-state index contributed by atoms with van der Waals surface area (Å²) in [7, 11) is 1.84. The van der Waals surface area contributed by atoms with Gasteiger partial charge in [-0.2, -0.15) is 5.10 Å². The van der Waals surface area contributed by atoms with Crippen LogP contribution in [0.2, 0.25) is 0 Å². The van der Waals surface area contributed by atoms with Crippen LogP contribution in [0.3, 0.4) is 0 Å². The predicted molar refractivity (Wildman–Crippen MR) is 130 cm³/mol. The summed E-state index contributed by atoms with van der Waals surface area (Å²) in [4.78, 5) is 31.7. The molecule has 186 valence electrons. The molecule has 9 nitrogen and oxygen atoms in total. The highest BCUT2D eigenvalue weighted by Crippen LogP contribution is 2.26. The highest BCUT2D eigenvalue weighted by molar-refractivity contribution is 6.08. The second kappa shape index (κ2) is 12.0. The van der Waals surface area contributed by atoms with Gasteiger partial charge in [0.25, 0.3) is 5.91 Å². The van der Waals surface area contributed by atoms with E-state index < -0.39 is 6.10 Å². The van der Waals surface area contributed by atoms with Crippen molar-refractivity contribution in [2.75, 3.05) is 33.4 Å². The van der Waals surface area contributed by atoms with Gasteiger partial charge in [0.05, 0.1) is 18.9 Å². The summed E-state index contributed by atoms with van der Waals surface area (Å²) in [5.74, 6) is 1.05. The molecular weight excluding hydrogens is 436 g/mol. The number of hydrogen-bond donors (Lipinski definition) is 0. The van der Waals surface area contributed by atoms with Crippen molar-refractivity contribution < 1.29 is 23.8 Å². The molecule has 34 heavy (non-hydrogen) atoms. The summed E-state index contributed by atoms with van der Waals surface area (Å²) in [5.41, 5.74) is 1.93. The van der Waals surface area contributed by atoms with Crippen molar-refractivity contribution in [3.05, 3.63) is 29.8 Å². The molecule has 3 rings (SSSR count). The van der Waals surface area contributed by atoms with Crippen molar-refractivity contribution in [1.29, 1.82) is 0 Å². The number of ether oxygens (including phenoxy) is 3. The molecule has 1 amide bonds. The van der Waals surface area contributed by atoms with E-state index in [1.807, 2.05) is 45.2 Å². The van der Waals surface area contributed by atoms with Gasteiger partial charge in [-0.1, -0.05) is 25.5 Å². The Morgan fingerprint density at radius 1 is 1.15 bits per heavy atom. The van der Waals surface area contributed by atoms with Gasteiger partial charge in [0.1, 0.15) is 24.2 Å². The summed E-state index contributed by atoms with van der Waals surface area (Å²) >= 11 is 0.